The van der Waals surface area contributed by atoms with Gasteiger partial charge in [-0.2, -0.15) is 0 Å². The molecule has 3 heterocycles. The number of rotatable bonds is 27. The molecule has 0 unspecified atom stereocenters. The van der Waals surface area contributed by atoms with Gasteiger partial charge in [-0.3, -0.25) is 24.2 Å². The molecule has 0 radical (unpaired) electrons. The number of ether oxygens (including phenoxy) is 5. The van der Waals surface area contributed by atoms with Gasteiger partial charge in [0.05, 0.1) is 78.3 Å². The quantitative estimate of drug-likeness (QED) is 0.0497. The van der Waals surface area contributed by atoms with Crippen LogP contribution in [0.3, 0.4) is 0 Å². The van der Waals surface area contributed by atoms with Crippen molar-refractivity contribution in [3.8, 4) is 5.75 Å². The van der Waals surface area contributed by atoms with E-state index in [4.69, 9.17) is 23.7 Å². The molecular formula is C51H75N7O11S2. The largest absolute Gasteiger partial charge is 0.490 e. The normalized spacial score (nSPS) is 16.8. The van der Waals surface area contributed by atoms with Gasteiger partial charge in [0.15, 0.2) is 15.6 Å². The lowest BCUT2D eigenvalue weighted by Gasteiger charge is -2.36. The number of carbonyl (C=O) groups excluding carboxylic acids is 4. The van der Waals surface area contributed by atoms with Crippen molar-refractivity contribution >= 4 is 77.2 Å². The average Bonchev–Trinajstić information content (AvgIpc) is 3.96. The third kappa shape index (κ3) is 15.8. The Morgan fingerprint density at radius 1 is 0.817 bits per heavy atom. The van der Waals surface area contributed by atoms with E-state index in [1.165, 1.54) is 4.90 Å². The van der Waals surface area contributed by atoms with Crippen LogP contribution in [0, 0.1) is 17.3 Å². The van der Waals surface area contributed by atoms with Crippen LogP contribution >= 0.6 is 11.3 Å². The molecule has 18 nitrogen and oxygen atoms in total. The Hall–Kier alpha value is -4.83. The number of thiazole rings is 1. The van der Waals surface area contributed by atoms with Crippen LogP contribution in [-0.4, -0.2) is 149 Å². The molecule has 0 saturated carbocycles. The molecule has 5 atom stereocenters. The maximum atomic E-state index is 14.2. The lowest BCUT2D eigenvalue weighted by Crippen LogP contribution is -2.60. The van der Waals surface area contributed by atoms with E-state index in [1.54, 1.807) is 76.0 Å². The van der Waals surface area contributed by atoms with Gasteiger partial charge < -0.3 is 49.9 Å². The summed E-state index contributed by atoms with van der Waals surface area (Å²) in [5.41, 5.74) is 4.09. The second-order valence-corrected chi connectivity index (χ2v) is 24.0. The number of carbonyl (C=O) groups is 4. The summed E-state index contributed by atoms with van der Waals surface area (Å²) in [5.74, 6) is -1.00. The molecule has 1 saturated heterocycles. The molecule has 3 amide bonds. The minimum Gasteiger partial charge on any atom is -0.490 e. The standard InChI is InChI=1S/C51H75N7O11S2/c1-32(2)33(3)55-48(61)42-25-35(29-58(42)49(62)46(50(5,6)7)57-47(60)34(4)52-11)24-37(59)30-68-21-20-66-17-16-65-18-19-67-22-23-69-43-28-40-38(27-45(43)71(63,64)51(8,9)10)39(14-15-53-40)56-36-12-13-44-41(26-36)54-31-70-44/h12-15,26-28,31-35,42,46,52H,16-25,29-30H2,1-11H3,(H,53,56)(H,55,61)(H,57,60)/t33-,34+,35+,42+,46-/m1/s1. The second-order valence-electron chi connectivity index (χ2n) is 20.4. The Balaban J connectivity index is 1.01. The first kappa shape index (κ1) is 57.1. The van der Waals surface area contributed by atoms with E-state index < -0.39 is 38.1 Å². The number of anilines is 2. The fourth-order valence-electron chi connectivity index (χ4n) is 7.71. The number of fused-ring (bicyclic) bond motifs is 2. The Bertz CT molecular complexity index is 2540. The SMILES string of the molecule is CN[C@@H](C)C(=O)N[C@H](C(=O)N1C[C@@H](CC(=O)COCCOCCOCCOCCOc2cc3nccc(Nc4ccc5scnc5c4)c3cc2S(=O)(=O)C(C)(C)C)C[C@H]1C(=O)N[C@H](C)C(C)C)C(C)(C)C. The number of hydrogen-bond acceptors (Lipinski definition) is 16. The van der Waals surface area contributed by atoms with E-state index in [2.05, 4.69) is 31.2 Å². The molecule has 0 aliphatic carbocycles. The Kier molecular flexibility index (Phi) is 20.7. The van der Waals surface area contributed by atoms with Crippen LogP contribution in [-0.2, 0) is 48.0 Å². The highest BCUT2D eigenvalue weighted by atomic mass is 32.2. The zero-order valence-electron chi connectivity index (χ0n) is 43.2. The van der Waals surface area contributed by atoms with Crippen LogP contribution < -0.4 is 26.0 Å². The molecule has 1 aliphatic heterocycles. The number of nitrogens with zero attached hydrogens (tertiary/aromatic N) is 3. The van der Waals surface area contributed by atoms with Crippen molar-refractivity contribution in [3.05, 3.63) is 48.1 Å². The molecule has 0 bridgehead atoms. The molecule has 0 spiro atoms. The number of nitrogens with one attached hydrogen (secondary N) is 4. The Morgan fingerprint density at radius 3 is 2.08 bits per heavy atom. The van der Waals surface area contributed by atoms with Crippen molar-refractivity contribution in [1.82, 2.24) is 30.8 Å². The Labute approximate surface area is 422 Å². The van der Waals surface area contributed by atoms with E-state index in [0.717, 1.165) is 15.9 Å². The maximum Gasteiger partial charge on any atom is 0.246 e. The summed E-state index contributed by atoms with van der Waals surface area (Å²) in [7, 11) is -2.16. The van der Waals surface area contributed by atoms with Gasteiger partial charge in [0.1, 0.15) is 35.9 Å². The monoisotopic (exact) mass is 1030 g/mol. The van der Waals surface area contributed by atoms with Gasteiger partial charge in [-0.15, -0.1) is 11.3 Å². The van der Waals surface area contributed by atoms with Crippen molar-refractivity contribution in [1.29, 1.82) is 0 Å². The van der Waals surface area contributed by atoms with Gasteiger partial charge in [0, 0.05) is 48.0 Å². The van der Waals surface area contributed by atoms with Crippen LogP contribution in [0.4, 0.5) is 11.4 Å². The number of ketones is 1. The topological polar surface area (TPSA) is 226 Å². The molecule has 2 aromatic carbocycles. The van der Waals surface area contributed by atoms with Crippen molar-refractivity contribution in [3.63, 3.8) is 0 Å². The van der Waals surface area contributed by atoms with Gasteiger partial charge in [0.2, 0.25) is 17.7 Å². The van der Waals surface area contributed by atoms with E-state index in [9.17, 15) is 27.6 Å². The van der Waals surface area contributed by atoms with E-state index in [-0.39, 0.29) is 105 Å². The van der Waals surface area contributed by atoms with Gasteiger partial charge in [-0.1, -0.05) is 34.6 Å². The summed E-state index contributed by atoms with van der Waals surface area (Å²) in [6, 6.07) is 8.65. The zero-order valence-corrected chi connectivity index (χ0v) is 44.9. The number of pyridine rings is 1. The smallest absolute Gasteiger partial charge is 0.246 e. The molecule has 20 heteroatoms. The maximum absolute atomic E-state index is 14.2. The van der Waals surface area contributed by atoms with Gasteiger partial charge in [0.25, 0.3) is 0 Å². The lowest BCUT2D eigenvalue weighted by molar-refractivity contribution is -0.144. The van der Waals surface area contributed by atoms with Gasteiger partial charge in [-0.05, 0) is 95.7 Å². The van der Waals surface area contributed by atoms with E-state index in [0.29, 0.717) is 42.8 Å². The summed E-state index contributed by atoms with van der Waals surface area (Å²) in [6.07, 6.45) is 2.11. The lowest BCUT2D eigenvalue weighted by atomic mass is 9.85. The molecule has 1 aliphatic rings. The molecular weight excluding hydrogens is 951 g/mol. The Morgan fingerprint density at radius 2 is 1.46 bits per heavy atom. The van der Waals surface area contributed by atoms with E-state index >= 15 is 0 Å². The highest BCUT2D eigenvalue weighted by Crippen LogP contribution is 2.38. The average molecular weight is 1030 g/mol. The third-order valence-corrected chi connectivity index (χ3v) is 15.8. The van der Waals surface area contributed by atoms with Crippen LogP contribution in [0.1, 0.15) is 82.1 Å². The number of sulfone groups is 1. The summed E-state index contributed by atoms with van der Waals surface area (Å²) >= 11 is 1.56. The predicted octanol–water partition coefficient (Wildman–Crippen LogP) is 6.08. The number of likely N-dealkylation sites (tertiary alicyclic amines) is 1. The van der Waals surface area contributed by atoms with Crippen molar-refractivity contribution in [2.75, 3.05) is 78.4 Å². The second kappa shape index (κ2) is 25.7. The highest BCUT2D eigenvalue weighted by molar-refractivity contribution is 7.92. The number of likely N-dealkylation sites (N-methyl/N-ethyl adjacent to an activating group) is 1. The summed E-state index contributed by atoms with van der Waals surface area (Å²) in [6.45, 7) is 20.2. The fraction of sp³-hybridized carbons (Fsp3) is 0.608. The highest BCUT2D eigenvalue weighted by Gasteiger charge is 2.45. The van der Waals surface area contributed by atoms with Crippen molar-refractivity contribution < 1.29 is 51.3 Å². The summed E-state index contributed by atoms with van der Waals surface area (Å²) in [4.78, 5) is 64.2. The fourth-order valence-corrected chi connectivity index (χ4v) is 9.68. The van der Waals surface area contributed by atoms with Crippen LogP contribution in [0.15, 0.2) is 53.0 Å². The predicted molar refractivity (Wildman–Crippen MR) is 276 cm³/mol. The first-order valence-corrected chi connectivity index (χ1v) is 26.7. The first-order chi connectivity index (χ1) is 33.5. The molecule has 1 fully saturated rings. The van der Waals surface area contributed by atoms with E-state index in [1.807, 2.05) is 59.7 Å². The number of benzene rings is 2. The molecule has 4 aromatic rings. The summed E-state index contributed by atoms with van der Waals surface area (Å²) < 4.78 is 56.3. The molecule has 392 valence electrons. The minimum atomic E-state index is -3.83. The minimum absolute atomic E-state index is 0.0659. The number of amides is 3. The molecule has 4 N–H and O–H groups in total. The summed E-state index contributed by atoms with van der Waals surface area (Å²) in [5, 5.41) is 12.9. The van der Waals surface area contributed by atoms with Crippen LogP contribution in [0.5, 0.6) is 5.75 Å². The van der Waals surface area contributed by atoms with Crippen LogP contribution in [0.2, 0.25) is 0 Å². The molecule has 5 rings (SSSR count). The van der Waals surface area contributed by atoms with Crippen LogP contribution in [0.25, 0.3) is 21.1 Å². The first-order valence-electron chi connectivity index (χ1n) is 24.3. The number of hydrogen-bond donors (Lipinski definition) is 4. The zero-order chi connectivity index (χ0) is 52.1. The molecule has 2 aromatic heterocycles. The molecule has 71 heavy (non-hydrogen) atoms. The van der Waals surface area contributed by atoms with Gasteiger partial charge in [-0.25, -0.2) is 13.4 Å². The van der Waals surface area contributed by atoms with Gasteiger partial charge >= 0.3 is 0 Å². The number of Topliss-reactive ketones (excluding diaryl/α,β-unsaturated/α-hetero) is 1. The number of aromatic nitrogens is 2. The van der Waals surface area contributed by atoms with Crippen molar-refractivity contribution in [2.45, 2.75) is 116 Å². The van der Waals surface area contributed by atoms with Crippen molar-refractivity contribution in [2.24, 2.45) is 17.3 Å². The third-order valence-electron chi connectivity index (χ3n) is 12.5.